The maximum Gasteiger partial charge on any atom is 0.270 e. The first-order valence-electron chi connectivity index (χ1n) is 6.39. The SMILES string of the molecule is Cc1nc(C(=O)NCC2CN3CCN2CC3)cs1. The number of hydrogen-bond acceptors (Lipinski definition) is 5. The molecule has 0 radical (unpaired) electrons. The van der Waals surface area contributed by atoms with E-state index < -0.39 is 0 Å². The van der Waals surface area contributed by atoms with Gasteiger partial charge in [0.15, 0.2) is 0 Å². The van der Waals surface area contributed by atoms with Crippen molar-refractivity contribution in [1.82, 2.24) is 20.1 Å². The molecule has 3 saturated heterocycles. The lowest BCUT2D eigenvalue weighted by Crippen LogP contribution is -2.63. The van der Waals surface area contributed by atoms with Gasteiger partial charge >= 0.3 is 0 Å². The molecule has 1 unspecified atom stereocenters. The molecule has 18 heavy (non-hydrogen) atoms. The van der Waals surface area contributed by atoms with Crippen LogP contribution in [0.1, 0.15) is 15.5 Å². The summed E-state index contributed by atoms with van der Waals surface area (Å²) < 4.78 is 0. The predicted molar refractivity (Wildman–Crippen MR) is 71.0 cm³/mol. The fourth-order valence-corrected chi connectivity index (χ4v) is 3.28. The average Bonchev–Trinajstić information content (AvgIpc) is 2.84. The normalized spacial score (nSPS) is 30.4. The van der Waals surface area contributed by atoms with Gasteiger partial charge in [-0.05, 0) is 6.92 Å². The zero-order valence-corrected chi connectivity index (χ0v) is 11.4. The molecule has 0 aliphatic carbocycles. The number of carbonyl (C=O) groups excluding carboxylic acids is 1. The van der Waals surface area contributed by atoms with E-state index in [1.165, 1.54) is 24.4 Å². The lowest BCUT2D eigenvalue weighted by Gasteiger charge is -2.47. The summed E-state index contributed by atoms with van der Waals surface area (Å²) in [5.74, 6) is -0.0444. The highest BCUT2D eigenvalue weighted by Crippen LogP contribution is 2.15. The highest BCUT2D eigenvalue weighted by atomic mass is 32.1. The Morgan fingerprint density at radius 2 is 2.28 bits per heavy atom. The van der Waals surface area contributed by atoms with Crippen LogP contribution in [0.5, 0.6) is 0 Å². The highest BCUT2D eigenvalue weighted by Gasteiger charge is 2.31. The lowest BCUT2D eigenvalue weighted by molar-refractivity contribution is 0.0138. The monoisotopic (exact) mass is 266 g/mol. The van der Waals surface area contributed by atoms with Crippen LogP contribution in [-0.2, 0) is 0 Å². The molecule has 1 amide bonds. The smallest absolute Gasteiger partial charge is 0.270 e. The molecule has 2 bridgehead atoms. The summed E-state index contributed by atoms with van der Waals surface area (Å²) in [6, 6.07) is 0.469. The molecule has 1 N–H and O–H groups in total. The third-order valence-electron chi connectivity index (χ3n) is 3.74. The largest absolute Gasteiger partial charge is 0.349 e. The summed E-state index contributed by atoms with van der Waals surface area (Å²) in [4.78, 5) is 21.1. The van der Waals surface area contributed by atoms with E-state index in [2.05, 4.69) is 20.1 Å². The second kappa shape index (κ2) is 4.95. The Morgan fingerprint density at radius 3 is 2.83 bits per heavy atom. The third-order valence-corrected chi connectivity index (χ3v) is 4.52. The number of nitrogens with one attached hydrogen (secondary N) is 1. The highest BCUT2D eigenvalue weighted by molar-refractivity contribution is 7.09. The minimum Gasteiger partial charge on any atom is -0.349 e. The van der Waals surface area contributed by atoms with Crippen molar-refractivity contribution in [1.29, 1.82) is 0 Å². The maximum absolute atomic E-state index is 11.9. The van der Waals surface area contributed by atoms with Crippen LogP contribution in [0.3, 0.4) is 0 Å². The maximum atomic E-state index is 11.9. The van der Waals surface area contributed by atoms with E-state index >= 15 is 0 Å². The van der Waals surface area contributed by atoms with Gasteiger partial charge in [-0.2, -0.15) is 0 Å². The van der Waals surface area contributed by atoms with Gasteiger partial charge in [-0.3, -0.25) is 14.6 Å². The molecule has 3 fully saturated rings. The molecule has 6 heteroatoms. The number of nitrogens with zero attached hydrogens (tertiary/aromatic N) is 3. The van der Waals surface area contributed by atoms with Crippen LogP contribution >= 0.6 is 11.3 Å². The number of carbonyl (C=O) groups is 1. The molecule has 1 aromatic rings. The van der Waals surface area contributed by atoms with Crippen LogP contribution in [-0.4, -0.2) is 66.0 Å². The number of fused-ring (bicyclic) bond motifs is 3. The Labute approximate surface area is 111 Å². The van der Waals surface area contributed by atoms with Gasteiger partial charge in [0.05, 0.1) is 5.01 Å². The first-order valence-corrected chi connectivity index (χ1v) is 7.27. The van der Waals surface area contributed by atoms with Crippen molar-refractivity contribution in [2.45, 2.75) is 13.0 Å². The van der Waals surface area contributed by atoms with Gasteiger partial charge in [0.2, 0.25) is 0 Å². The molecule has 0 saturated carbocycles. The Morgan fingerprint density at radius 1 is 1.50 bits per heavy atom. The minimum atomic E-state index is -0.0444. The quantitative estimate of drug-likeness (QED) is 0.848. The lowest BCUT2D eigenvalue weighted by atomic mass is 10.1. The van der Waals surface area contributed by atoms with Crippen molar-refractivity contribution in [2.24, 2.45) is 0 Å². The summed E-state index contributed by atoms with van der Waals surface area (Å²) >= 11 is 1.52. The molecule has 98 valence electrons. The predicted octanol–water partition coefficient (Wildman–Crippen LogP) is 0.181. The van der Waals surface area contributed by atoms with Gasteiger partial charge in [-0.15, -0.1) is 11.3 Å². The van der Waals surface area contributed by atoms with Crippen molar-refractivity contribution >= 4 is 17.2 Å². The molecule has 1 atom stereocenters. The molecule has 0 spiro atoms. The Balaban J connectivity index is 1.54. The van der Waals surface area contributed by atoms with Crippen LogP contribution < -0.4 is 5.32 Å². The molecule has 1 aromatic heterocycles. The van der Waals surface area contributed by atoms with Crippen molar-refractivity contribution in [3.63, 3.8) is 0 Å². The van der Waals surface area contributed by atoms with E-state index in [4.69, 9.17) is 0 Å². The molecule has 0 aromatic carbocycles. The third kappa shape index (κ3) is 2.41. The first kappa shape index (κ1) is 12.1. The molecule has 4 rings (SSSR count). The molecular formula is C12H18N4OS. The van der Waals surface area contributed by atoms with Crippen molar-refractivity contribution < 1.29 is 4.79 Å². The van der Waals surface area contributed by atoms with Crippen LogP contribution in [0.2, 0.25) is 0 Å². The van der Waals surface area contributed by atoms with E-state index in [-0.39, 0.29) is 5.91 Å². The number of hydrogen-bond donors (Lipinski definition) is 1. The van der Waals surface area contributed by atoms with E-state index in [1.54, 1.807) is 0 Å². The van der Waals surface area contributed by atoms with Crippen LogP contribution in [0, 0.1) is 6.92 Å². The topological polar surface area (TPSA) is 48.5 Å². The van der Waals surface area contributed by atoms with Crippen molar-refractivity contribution in [3.05, 3.63) is 16.1 Å². The number of thiazole rings is 1. The molecule has 3 aliphatic rings. The summed E-state index contributed by atoms with van der Waals surface area (Å²) in [7, 11) is 0. The summed E-state index contributed by atoms with van der Waals surface area (Å²) in [5, 5.41) is 5.76. The zero-order valence-electron chi connectivity index (χ0n) is 10.6. The minimum absolute atomic E-state index is 0.0444. The molecule has 4 heterocycles. The second-order valence-electron chi connectivity index (χ2n) is 4.95. The van der Waals surface area contributed by atoms with E-state index in [0.29, 0.717) is 11.7 Å². The Bertz CT molecular complexity index is 439. The van der Waals surface area contributed by atoms with Crippen LogP contribution in [0.15, 0.2) is 5.38 Å². The zero-order chi connectivity index (χ0) is 12.5. The standard InChI is InChI=1S/C12H18N4OS/c1-9-14-11(8-18-9)12(17)13-6-10-7-15-2-4-16(10)5-3-15/h8,10H,2-7H2,1H3,(H,13,17). The van der Waals surface area contributed by atoms with Crippen molar-refractivity contribution in [2.75, 3.05) is 39.3 Å². The van der Waals surface area contributed by atoms with E-state index in [9.17, 15) is 4.79 Å². The number of aryl methyl sites for hydroxylation is 1. The number of aromatic nitrogens is 1. The Kier molecular flexibility index (Phi) is 3.32. The molecule has 3 aliphatic heterocycles. The van der Waals surface area contributed by atoms with Crippen molar-refractivity contribution in [3.8, 4) is 0 Å². The fraction of sp³-hybridized carbons (Fsp3) is 0.667. The van der Waals surface area contributed by atoms with Gasteiger partial charge in [-0.1, -0.05) is 0 Å². The van der Waals surface area contributed by atoms with E-state index in [0.717, 1.165) is 31.2 Å². The van der Waals surface area contributed by atoms with Gasteiger partial charge in [0, 0.05) is 50.7 Å². The van der Waals surface area contributed by atoms with Gasteiger partial charge in [0.25, 0.3) is 5.91 Å². The molecule has 5 nitrogen and oxygen atoms in total. The van der Waals surface area contributed by atoms with Gasteiger partial charge < -0.3 is 5.32 Å². The van der Waals surface area contributed by atoms with Gasteiger partial charge in [0.1, 0.15) is 5.69 Å². The summed E-state index contributed by atoms with van der Waals surface area (Å²) in [5.41, 5.74) is 0.550. The Hall–Kier alpha value is -0.980. The van der Waals surface area contributed by atoms with E-state index in [1.807, 2.05) is 12.3 Å². The number of rotatable bonds is 3. The van der Waals surface area contributed by atoms with Gasteiger partial charge in [-0.25, -0.2) is 4.98 Å². The molecular weight excluding hydrogens is 248 g/mol. The average molecular weight is 266 g/mol. The fourth-order valence-electron chi connectivity index (χ4n) is 2.69. The van der Waals surface area contributed by atoms with Crippen LogP contribution in [0.4, 0.5) is 0 Å². The summed E-state index contributed by atoms with van der Waals surface area (Å²) in [6.07, 6.45) is 0. The number of amides is 1. The summed E-state index contributed by atoms with van der Waals surface area (Å²) in [6.45, 7) is 8.35. The number of piperazine rings is 3. The van der Waals surface area contributed by atoms with Crippen LogP contribution in [0.25, 0.3) is 0 Å². The second-order valence-corrected chi connectivity index (χ2v) is 6.01. The first-order chi connectivity index (χ1) is 8.72.